The Kier molecular flexibility index (Phi) is 9.26. The van der Waals surface area contributed by atoms with Crippen molar-refractivity contribution < 1.29 is 0 Å². The van der Waals surface area contributed by atoms with E-state index in [1.54, 1.807) is 0 Å². The SMILES string of the molecule is C=C/C(=C\C(=C/C)NC(=C)c1n[nH]c2ccc(-c3cncc(CN4CCN(C)CC4)c3)cc12)CN1CCCCC1. The molecule has 4 heterocycles. The molecule has 40 heavy (non-hydrogen) atoms. The minimum Gasteiger partial charge on any atom is -0.354 e. The molecule has 2 aliphatic rings. The maximum Gasteiger partial charge on any atom is 0.116 e. The van der Waals surface area contributed by atoms with E-state index in [-0.39, 0.29) is 0 Å². The highest BCUT2D eigenvalue weighted by Crippen LogP contribution is 2.28. The second-order valence-electron chi connectivity index (χ2n) is 11.1. The Bertz CT molecular complexity index is 1380. The third kappa shape index (κ3) is 6.97. The van der Waals surface area contributed by atoms with Crippen LogP contribution in [0.3, 0.4) is 0 Å². The molecule has 0 saturated carbocycles. The fourth-order valence-corrected chi connectivity index (χ4v) is 5.59. The minimum atomic E-state index is 0.760. The van der Waals surface area contributed by atoms with Crippen molar-refractivity contribution in [3.05, 3.63) is 90.6 Å². The predicted molar refractivity (Wildman–Crippen MR) is 167 cm³/mol. The third-order valence-corrected chi connectivity index (χ3v) is 8.04. The van der Waals surface area contributed by atoms with Crippen LogP contribution in [-0.2, 0) is 6.54 Å². The lowest BCUT2D eigenvalue weighted by Gasteiger charge is -2.32. The van der Waals surface area contributed by atoms with Gasteiger partial charge in [-0.05, 0) is 80.9 Å². The van der Waals surface area contributed by atoms with Crippen LogP contribution < -0.4 is 5.32 Å². The number of hydrogen-bond donors (Lipinski definition) is 2. The van der Waals surface area contributed by atoms with Gasteiger partial charge in [0.05, 0.1) is 11.2 Å². The molecular formula is C33H43N7. The molecule has 0 unspecified atom stereocenters. The number of nitrogens with zero attached hydrogens (tertiary/aromatic N) is 5. The summed E-state index contributed by atoms with van der Waals surface area (Å²) in [5.74, 6) is 0. The van der Waals surface area contributed by atoms with Gasteiger partial charge in [0.2, 0.25) is 0 Å². The first-order chi connectivity index (χ1) is 19.5. The monoisotopic (exact) mass is 537 g/mol. The summed E-state index contributed by atoms with van der Waals surface area (Å²) in [7, 11) is 2.19. The van der Waals surface area contributed by atoms with Gasteiger partial charge in [0.15, 0.2) is 0 Å². The van der Waals surface area contributed by atoms with Gasteiger partial charge in [0.1, 0.15) is 5.69 Å². The van der Waals surface area contributed by atoms with E-state index < -0.39 is 0 Å². The number of piperazine rings is 1. The van der Waals surface area contributed by atoms with Crippen LogP contribution in [-0.4, -0.2) is 82.7 Å². The Balaban J connectivity index is 1.31. The Morgan fingerprint density at radius 1 is 1.00 bits per heavy atom. The molecule has 2 saturated heterocycles. The first-order valence-corrected chi connectivity index (χ1v) is 14.5. The molecule has 0 atom stereocenters. The van der Waals surface area contributed by atoms with Crippen molar-refractivity contribution in [1.82, 2.24) is 35.2 Å². The smallest absolute Gasteiger partial charge is 0.116 e. The number of piperidine rings is 1. The van der Waals surface area contributed by atoms with E-state index in [4.69, 9.17) is 0 Å². The first kappa shape index (κ1) is 28.0. The van der Waals surface area contributed by atoms with Crippen molar-refractivity contribution in [2.75, 3.05) is 52.9 Å². The van der Waals surface area contributed by atoms with Gasteiger partial charge >= 0.3 is 0 Å². The lowest BCUT2D eigenvalue weighted by atomic mass is 10.0. The van der Waals surface area contributed by atoms with Crippen molar-refractivity contribution in [2.45, 2.75) is 32.7 Å². The molecule has 5 rings (SSSR count). The van der Waals surface area contributed by atoms with Crippen molar-refractivity contribution >= 4 is 16.6 Å². The van der Waals surface area contributed by atoms with Crippen molar-refractivity contribution in [3.63, 3.8) is 0 Å². The van der Waals surface area contributed by atoms with Gasteiger partial charge in [-0.1, -0.05) is 37.8 Å². The molecule has 0 aliphatic carbocycles. The van der Waals surface area contributed by atoms with Crippen molar-refractivity contribution in [3.8, 4) is 11.1 Å². The lowest BCUT2D eigenvalue weighted by molar-refractivity contribution is 0.148. The number of benzene rings is 1. The van der Waals surface area contributed by atoms with Gasteiger partial charge in [0, 0.05) is 68.3 Å². The zero-order chi connectivity index (χ0) is 27.9. The van der Waals surface area contributed by atoms with Crippen LogP contribution in [0.1, 0.15) is 37.4 Å². The number of rotatable bonds is 10. The van der Waals surface area contributed by atoms with Crippen LogP contribution in [0.2, 0.25) is 0 Å². The highest BCUT2D eigenvalue weighted by Gasteiger charge is 2.16. The maximum atomic E-state index is 4.62. The number of nitrogens with one attached hydrogen (secondary N) is 2. The predicted octanol–water partition coefficient (Wildman–Crippen LogP) is 5.43. The summed E-state index contributed by atoms with van der Waals surface area (Å²) in [4.78, 5) is 12.0. The molecule has 1 aromatic carbocycles. The van der Waals surface area contributed by atoms with Gasteiger partial charge in [0.25, 0.3) is 0 Å². The molecule has 2 N–H and O–H groups in total. The summed E-state index contributed by atoms with van der Waals surface area (Å²) in [6, 6.07) is 8.68. The summed E-state index contributed by atoms with van der Waals surface area (Å²) in [5, 5.41) is 12.3. The second-order valence-corrected chi connectivity index (χ2v) is 11.1. The normalized spacial score (nSPS) is 18.2. The number of H-pyrrole nitrogens is 1. The summed E-state index contributed by atoms with van der Waals surface area (Å²) in [6.07, 6.45) is 14.0. The molecule has 2 aliphatic heterocycles. The number of hydrogen-bond acceptors (Lipinski definition) is 6. The van der Waals surface area contributed by atoms with Gasteiger partial charge in [-0.3, -0.25) is 19.9 Å². The first-order valence-electron chi connectivity index (χ1n) is 14.5. The third-order valence-electron chi connectivity index (χ3n) is 8.04. The lowest BCUT2D eigenvalue weighted by Crippen LogP contribution is -2.43. The van der Waals surface area contributed by atoms with E-state index in [1.165, 1.54) is 30.4 Å². The average molecular weight is 538 g/mol. The van der Waals surface area contributed by atoms with Crippen LogP contribution in [0, 0.1) is 0 Å². The number of allylic oxidation sites excluding steroid dienone is 2. The van der Waals surface area contributed by atoms with Crippen molar-refractivity contribution in [1.29, 1.82) is 0 Å². The number of fused-ring (bicyclic) bond motifs is 1. The quantitative estimate of drug-likeness (QED) is 0.336. The molecule has 2 fully saturated rings. The standard InChI is InChI=1S/C33H43N7/c1-5-26(23-39-12-8-7-9-13-39)19-30(6-2)35-25(3)33-31-20-28(10-11-32(31)36-37-33)29-18-27(21-34-22-29)24-40-16-14-38(4)15-17-40/h5-6,10-11,18-22,35H,1,3,7-9,12-17,23-24H2,2,4H3,(H,36,37)/b26-19+,30-6+. The second kappa shape index (κ2) is 13.2. The van der Waals surface area contributed by atoms with E-state index in [1.807, 2.05) is 25.4 Å². The number of likely N-dealkylation sites (N-methyl/N-ethyl adjacent to an activating group) is 1. The molecule has 0 bridgehead atoms. The van der Waals surface area contributed by atoms with Gasteiger partial charge in [-0.25, -0.2) is 0 Å². The van der Waals surface area contributed by atoms with Gasteiger partial charge in [-0.15, -0.1) is 0 Å². The van der Waals surface area contributed by atoms with Gasteiger partial charge in [-0.2, -0.15) is 5.10 Å². The van der Waals surface area contributed by atoms with Crippen LogP contribution in [0.5, 0.6) is 0 Å². The molecule has 2 aromatic heterocycles. The topological polar surface area (TPSA) is 63.3 Å². The van der Waals surface area contributed by atoms with E-state index in [0.717, 1.165) is 91.5 Å². The molecule has 7 heteroatoms. The van der Waals surface area contributed by atoms with E-state index in [2.05, 4.69) is 91.8 Å². The molecule has 3 aromatic rings. The summed E-state index contributed by atoms with van der Waals surface area (Å²) in [5.41, 5.74) is 8.24. The Labute approximate surface area is 239 Å². The summed E-state index contributed by atoms with van der Waals surface area (Å²) >= 11 is 0. The van der Waals surface area contributed by atoms with Crippen LogP contribution in [0.25, 0.3) is 27.7 Å². The summed E-state index contributed by atoms with van der Waals surface area (Å²) in [6.45, 7) is 19.0. The van der Waals surface area contributed by atoms with Gasteiger partial charge < -0.3 is 10.2 Å². The number of pyridine rings is 1. The van der Waals surface area contributed by atoms with E-state index >= 15 is 0 Å². The zero-order valence-corrected chi connectivity index (χ0v) is 24.1. The molecule has 7 nitrogen and oxygen atoms in total. The van der Waals surface area contributed by atoms with E-state index in [9.17, 15) is 0 Å². The van der Waals surface area contributed by atoms with Crippen LogP contribution in [0.4, 0.5) is 0 Å². The highest BCUT2D eigenvalue weighted by atomic mass is 15.2. The maximum absolute atomic E-state index is 4.62. The number of likely N-dealkylation sites (tertiary alicyclic amines) is 1. The summed E-state index contributed by atoms with van der Waals surface area (Å²) < 4.78 is 0. The number of aromatic amines is 1. The minimum absolute atomic E-state index is 0.760. The Morgan fingerprint density at radius 2 is 1.80 bits per heavy atom. The Hall–Kier alpha value is -3.52. The Morgan fingerprint density at radius 3 is 2.55 bits per heavy atom. The molecular weight excluding hydrogens is 494 g/mol. The molecule has 0 amide bonds. The average Bonchev–Trinajstić information content (AvgIpc) is 3.42. The van der Waals surface area contributed by atoms with Crippen LogP contribution in [0.15, 0.2) is 79.3 Å². The fourth-order valence-electron chi connectivity index (χ4n) is 5.59. The molecule has 0 spiro atoms. The fraction of sp³-hybridized carbons (Fsp3) is 0.394. The van der Waals surface area contributed by atoms with E-state index in [0.29, 0.717) is 0 Å². The largest absolute Gasteiger partial charge is 0.354 e. The molecule has 0 radical (unpaired) electrons. The zero-order valence-electron chi connectivity index (χ0n) is 24.1. The van der Waals surface area contributed by atoms with Crippen molar-refractivity contribution in [2.24, 2.45) is 0 Å². The molecule has 210 valence electrons. The highest BCUT2D eigenvalue weighted by molar-refractivity contribution is 5.92. The number of aromatic nitrogens is 3. The van der Waals surface area contributed by atoms with Crippen LogP contribution >= 0.6 is 0 Å².